The first-order valence-corrected chi connectivity index (χ1v) is 6.68. The number of ether oxygens (including phenoxy) is 1. The largest absolute Gasteiger partial charge is 0.477 e. The number of amides is 1. The lowest BCUT2D eigenvalue weighted by Crippen LogP contribution is -2.46. The van der Waals surface area contributed by atoms with Crippen molar-refractivity contribution < 1.29 is 9.53 Å². The van der Waals surface area contributed by atoms with Gasteiger partial charge < -0.3 is 10.5 Å². The van der Waals surface area contributed by atoms with Gasteiger partial charge in [-0.05, 0) is 30.7 Å². The monoisotopic (exact) mass is 289 g/mol. The maximum atomic E-state index is 11.8. The number of aromatic nitrogens is 4. The van der Waals surface area contributed by atoms with E-state index in [9.17, 15) is 4.79 Å². The zero-order valence-electron chi connectivity index (χ0n) is 12.4. The van der Waals surface area contributed by atoms with Crippen molar-refractivity contribution in [3.63, 3.8) is 0 Å². The summed E-state index contributed by atoms with van der Waals surface area (Å²) in [5.74, 6) is 0.680. The standard InChI is InChI=1S/C14H19N5O2/c1-10-6-4-5-7-11(10)21-14(2,13(15)20)9-8-12-16-18-19(3)17-12/h4-7H,8-9H2,1-3H3,(H2,15,20). The topological polar surface area (TPSA) is 95.9 Å². The number of nitrogens with two attached hydrogens (primary N) is 1. The van der Waals surface area contributed by atoms with E-state index in [4.69, 9.17) is 10.5 Å². The van der Waals surface area contributed by atoms with Gasteiger partial charge in [-0.2, -0.15) is 4.80 Å². The molecule has 7 nitrogen and oxygen atoms in total. The van der Waals surface area contributed by atoms with Crippen LogP contribution in [-0.2, 0) is 18.3 Å². The molecule has 0 saturated heterocycles. The molecule has 0 spiro atoms. The molecule has 2 aromatic rings. The highest BCUT2D eigenvalue weighted by atomic mass is 16.5. The number of carbonyl (C=O) groups excluding carboxylic acids is 1. The van der Waals surface area contributed by atoms with Gasteiger partial charge in [0.25, 0.3) is 5.91 Å². The molecule has 112 valence electrons. The first-order valence-electron chi connectivity index (χ1n) is 6.68. The van der Waals surface area contributed by atoms with Crippen molar-refractivity contribution in [1.29, 1.82) is 0 Å². The van der Waals surface area contributed by atoms with Crippen LogP contribution in [0.4, 0.5) is 0 Å². The third-order valence-corrected chi connectivity index (χ3v) is 3.33. The van der Waals surface area contributed by atoms with Crippen molar-refractivity contribution in [2.24, 2.45) is 12.8 Å². The molecule has 1 atom stereocenters. The minimum absolute atomic E-state index is 0.377. The lowest BCUT2D eigenvalue weighted by molar-refractivity contribution is -0.132. The quantitative estimate of drug-likeness (QED) is 0.847. The molecule has 2 rings (SSSR count). The first-order chi connectivity index (χ1) is 9.90. The van der Waals surface area contributed by atoms with Gasteiger partial charge in [0, 0.05) is 12.8 Å². The second kappa shape index (κ2) is 5.90. The fraction of sp³-hybridized carbons (Fsp3) is 0.429. The molecule has 0 aliphatic heterocycles. The van der Waals surface area contributed by atoms with Crippen LogP contribution < -0.4 is 10.5 Å². The van der Waals surface area contributed by atoms with Gasteiger partial charge in [-0.1, -0.05) is 18.2 Å². The number of hydrogen-bond acceptors (Lipinski definition) is 5. The van der Waals surface area contributed by atoms with E-state index < -0.39 is 11.5 Å². The average Bonchev–Trinajstić information content (AvgIpc) is 2.85. The smallest absolute Gasteiger partial charge is 0.261 e. The summed E-state index contributed by atoms with van der Waals surface area (Å²) in [7, 11) is 1.69. The lowest BCUT2D eigenvalue weighted by Gasteiger charge is -2.27. The van der Waals surface area contributed by atoms with Crippen LogP contribution in [0.1, 0.15) is 24.7 Å². The number of benzene rings is 1. The van der Waals surface area contributed by atoms with Crippen LogP contribution in [0, 0.1) is 6.92 Å². The van der Waals surface area contributed by atoms with Crippen LogP contribution >= 0.6 is 0 Å². The molecule has 7 heteroatoms. The highest BCUT2D eigenvalue weighted by molar-refractivity contribution is 5.83. The molecule has 0 radical (unpaired) electrons. The number of nitrogens with zero attached hydrogens (tertiary/aromatic N) is 4. The number of para-hydroxylation sites is 1. The predicted octanol–water partition coefficient (Wildman–Crippen LogP) is 0.774. The Morgan fingerprint density at radius 1 is 1.43 bits per heavy atom. The average molecular weight is 289 g/mol. The summed E-state index contributed by atoms with van der Waals surface area (Å²) in [6, 6.07) is 7.50. The molecule has 1 aromatic heterocycles. The Labute approximate surface area is 123 Å². The second-order valence-electron chi connectivity index (χ2n) is 5.16. The highest BCUT2D eigenvalue weighted by Crippen LogP contribution is 2.25. The van der Waals surface area contributed by atoms with E-state index in [1.807, 2.05) is 31.2 Å². The first kappa shape index (κ1) is 15.0. The molecule has 0 aliphatic rings. The molecule has 0 saturated carbocycles. The van der Waals surface area contributed by atoms with E-state index in [1.54, 1.807) is 14.0 Å². The highest BCUT2D eigenvalue weighted by Gasteiger charge is 2.34. The minimum Gasteiger partial charge on any atom is -0.477 e. The number of tetrazole rings is 1. The van der Waals surface area contributed by atoms with Gasteiger partial charge in [0.1, 0.15) is 5.75 Å². The molecule has 21 heavy (non-hydrogen) atoms. The van der Waals surface area contributed by atoms with E-state index >= 15 is 0 Å². The Morgan fingerprint density at radius 2 is 2.14 bits per heavy atom. The van der Waals surface area contributed by atoms with Crippen LogP contribution in [0.2, 0.25) is 0 Å². The Balaban J connectivity index is 2.13. The fourth-order valence-corrected chi connectivity index (χ4v) is 1.91. The van der Waals surface area contributed by atoms with E-state index in [1.165, 1.54) is 4.80 Å². The van der Waals surface area contributed by atoms with Crippen LogP contribution in [-0.4, -0.2) is 31.7 Å². The normalized spacial score (nSPS) is 13.7. The maximum Gasteiger partial charge on any atom is 0.261 e. The SMILES string of the molecule is Cc1ccccc1OC(C)(CCc1nnn(C)n1)C(N)=O. The summed E-state index contributed by atoms with van der Waals surface area (Å²) in [5, 5.41) is 11.7. The maximum absolute atomic E-state index is 11.8. The number of primary amides is 1. The predicted molar refractivity (Wildman–Crippen MR) is 76.5 cm³/mol. The van der Waals surface area contributed by atoms with Crippen molar-refractivity contribution in [1.82, 2.24) is 20.2 Å². The summed E-state index contributed by atoms with van der Waals surface area (Å²) < 4.78 is 5.87. The summed E-state index contributed by atoms with van der Waals surface area (Å²) in [6.45, 7) is 3.60. The number of carbonyl (C=O) groups is 1. The number of rotatable bonds is 6. The summed E-state index contributed by atoms with van der Waals surface area (Å²) in [5.41, 5.74) is 5.34. The minimum atomic E-state index is -1.12. The zero-order chi connectivity index (χ0) is 15.5. The van der Waals surface area contributed by atoms with Gasteiger partial charge in [0.15, 0.2) is 11.4 Å². The zero-order valence-corrected chi connectivity index (χ0v) is 12.4. The van der Waals surface area contributed by atoms with Crippen LogP contribution in [0.25, 0.3) is 0 Å². The number of hydrogen-bond donors (Lipinski definition) is 1. The van der Waals surface area contributed by atoms with Crippen molar-refractivity contribution in [2.75, 3.05) is 0 Å². The Morgan fingerprint density at radius 3 is 2.71 bits per heavy atom. The summed E-state index contributed by atoms with van der Waals surface area (Å²) in [6.07, 6.45) is 0.835. The number of aryl methyl sites for hydroxylation is 3. The van der Waals surface area contributed by atoms with Crippen molar-refractivity contribution in [3.05, 3.63) is 35.7 Å². The molecular formula is C14H19N5O2. The van der Waals surface area contributed by atoms with E-state index in [-0.39, 0.29) is 0 Å². The molecule has 0 fully saturated rings. The molecule has 0 aliphatic carbocycles. The van der Waals surface area contributed by atoms with E-state index in [0.717, 1.165) is 5.56 Å². The molecule has 0 bridgehead atoms. The van der Waals surface area contributed by atoms with Gasteiger partial charge in [-0.25, -0.2) is 0 Å². The summed E-state index contributed by atoms with van der Waals surface area (Å²) in [4.78, 5) is 13.2. The Bertz CT molecular complexity index is 640. The third-order valence-electron chi connectivity index (χ3n) is 3.33. The molecular weight excluding hydrogens is 270 g/mol. The molecule has 2 N–H and O–H groups in total. The van der Waals surface area contributed by atoms with Gasteiger partial charge in [-0.15, -0.1) is 10.2 Å². The lowest BCUT2D eigenvalue weighted by atomic mass is 9.98. The second-order valence-corrected chi connectivity index (χ2v) is 5.16. The van der Waals surface area contributed by atoms with Gasteiger partial charge in [0.2, 0.25) is 0 Å². The third kappa shape index (κ3) is 3.56. The molecule has 1 unspecified atom stereocenters. The summed E-state index contributed by atoms with van der Waals surface area (Å²) >= 11 is 0. The Hall–Kier alpha value is -2.44. The van der Waals surface area contributed by atoms with Gasteiger partial charge in [-0.3, -0.25) is 4.79 Å². The van der Waals surface area contributed by atoms with Crippen LogP contribution in [0.5, 0.6) is 5.75 Å². The molecule has 1 amide bonds. The Kier molecular flexibility index (Phi) is 4.21. The van der Waals surface area contributed by atoms with Gasteiger partial charge >= 0.3 is 0 Å². The molecule has 1 aromatic carbocycles. The van der Waals surface area contributed by atoms with Crippen LogP contribution in [0.3, 0.4) is 0 Å². The van der Waals surface area contributed by atoms with Gasteiger partial charge in [0.05, 0.1) is 7.05 Å². The molecule has 1 heterocycles. The van der Waals surface area contributed by atoms with Crippen LogP contribution in [0.15, 0.2) is 24.3 Å². The van der Waals surface area contributed by atoms with E-state index in [0.29, 0.717) is 24.4 Å². The fourth-order valence-electron chi connectivity index (χ4n) is 1.91. The van der Waals surface area contributed by atoms with Crippen molar-refractivity contribution in [2.45, 2.75) is 32.3 Å². The van der Waals surface area contributed by atoms with Crippen molar-refractivity contribution >= 4 is 5.91 Å². The van der Waals surface area contributed by atoms with Crippen molar-refractivity contribution in [3.8, 4) is 5.75 Å². The van der Waals surface area contributed by atoms with E-state index in [2.05, 4.69) is 15.4 Å².